The Labute approximate surface area is 122 Å². The molecule has 1 aliphatic rings. The fourth-order valence-electron chi connectivity index (χ4n) is 2.36. The largest absolute Gasteiger partial charge is 0.360 e. The number of anilines is 1. The second-order valence-electron chi connectivity index (χ2n) is 4.98. The van der Waals surface area contributed by atoms with Gasteiger partial charge in [0, 0.05) is 31.0 Å². The maximum atomic E-state index is 11.6. The predicted molar refractivity (Wildman–Crippen MR) is 79.3 cm³/mol. The summed E-state index contributed by atoms with van der Waals surface area (Å²) in [5.74, 6) is 0.0484. The lowest BCUT2D eigenvalue weighted by molar-refractivity contribution is -0.120. The van der Waals surface area contributed by atoms with Gasteiger partial charge in [-0.25, -0.2) is 4.98 Å². The minimum absolute atomic E-state index is 0.0484. The van der Waals surface area contributed by atoms with Crippen molar-refractivity contribution in [3.05, 3.63) is 58.8 Å². The molecule has 1 fully saturated rings. The van der Waals surface area contributed by atoms with Crippen LogP contribution in [0.5, 0.6) is 0 Å². The molecule has 1 amide bonds. The smallest absolute Gasteiger partial charge is 0.253 e. The third-order valence-corrected chi connectivity index (χ3v) is 3.49. The number of aromatic nitrogens is 2. The van der Waals surface area contributed by atoms with Crippen LogP contribution < -0.4 is 15.8 Å². The molecule has 0 unspecified atom stereocenters. The average Bonchev–Trinajstić information content (AvgIpc) is 2.50. The first kappa shape index (κ1) is 13.4. The number of hydrogen-bond acceptors (Lipinski definition) is 4. The van der Waals surface area contributed by atoms with Crippen LogP contribution in [0.2, 0.25) is 0 Å². The lowest BCUT2D eigenvalue weighted by Crippen LogP contribution is -2.47. The third-order valence-electron chi connectivity index (χ3n) is 3.49. The number of nitrogens with one attached hydrogen (secondary N) is 1. The van der Waals surface area contributed by atoms with Gasteiger partial charge >= 0.3 is 0 Å². The normalized spacial score (nSPS) is 14.9. The van der Waals surface area contributed by atoms with Crippen molar-refractivity contribution in [1.29, 1.82) is 0 Å². The highest BCUT2D eigenvalue weighted by molar-refractivity contribution is 5.82. The summed E-state index contributed by atoms with van der Waals surface area (Å²) in [6, 6.07) is 9.36. The Morgan fingerprint density at radius 1 is 1.14 bits per heavy atom. The van der Waals surface area contributed by atoms with E-state index in [1.54, 1.807) is 4.57 Å². The van der Waals surface area contributed by atoms with Crippen molar-refractivity contribution in [3.63, 3.8) is 0 Å². The lowest BCUT2D eigenvalue weighted by atomic mass is 10.2. The third kappa shape index (κ3) is 3.10. The molecule has 0 radical (unpaired) electrons. The molecule has 1 aromatic carbocycles. The highest BCUT2D eigenvalue weighted by Crippen LogP contribution is 2.16. The number of amides is 1. The molecule has 1 N–H and O–H groups in total. The Morgan fingerprint density at radius 3 is 2.67 bits per heavy atom. The van der Waals surface area contributed by atoms with Crippen molar-refractivity contribution >= 4 is 11.6 Å². The summed E-state index contributed by atoms with van der Waals surface area (Å²) in [6.45, 7) is 2.37. The van der Waals surface area contributed by atoms with Crippen LogP contribution in [-0.4, -0.2) is 35.1 Å². The number of benzene rings is 1. The fraction of sp³-hybridized carbons (Fsp3) is 0.267. The van der Waals surface area contributed by atoms with Crippen LogP contribution in [0.4, 0.5) is 5.69 Å². The Balaban J connectivity index is 1.74. The van der Waals surface area contributed by atoms with Gasteiger partial charge in [-0.1, -0.05) is 12.1 Å². The first-order valence-electron chi connectivity index (χ1n) is 6.83. The van der Waals surface area contributed by atoms with Crippen LogP contribution in [0.3, 0.4) is 0 Å². The van der Waals surface area contributed by atoms with E-state index in [4.69, 9.17) is 0 Å². The number of piperazine rings is 1. The number of hydrogen-bond donors (Lipinski definition) is 1. The van der Waals surface area contributed by atoms with E-state index in [9.17, 15) is 9.59 Å². The van der Waals surface area contributed by atoms with Crippen LogP contribution >= 0.6 is 0 Å². The number of carbonyl (C=O) groups is 1. The molecule has 6 nitrogen and oxygen atoms in total. The molecule has 0 spiro atoms. The minimum atomic E-state index is -0.0678. The summed E-state index contributed by atoms with van der Waals surface area (Å²) in [6.07, 6.45) is 3.02. The van der Waals surface area contributed by atoms with Crippen molar-refractivity contribution in [2.24, 2.45) is 0 Å². The van der Waals surface area contributed by atoms with E-state index >= 15 is 0 Å². The quantitative estimate of drug-likeness (QED) is 0.876. The van der Waals surface area contributed by atoms with E-state index in [-0.39, 0.29) is 11.5 Å². The van der Waals surface area contributed by atoms with Gasteiger partial charge in [0.15, 0.2) is 0 Å². The first-order valence-corrected chi connectivity index (χ1v) is 6.83. The Bertz CT molecular complexity index is 693. The van der Waals surface area contributed by atoms with E-state index < -0.39 is 0 Å². The van der Waals surface area contributed by atoms with E-state index in [1.807, 2.05) is 29.2 Å². The fourth-order valence-corrected chi connectivity index (χ4v) is 2.36. The molecule has 2 heterocycles. The zero-order valence-electron chi connectivity index (χ0n) is 11.5. The average molecular weight is 284 g/mol. The molecule has 21 heavy (non-hydrogen) atoms. The molecule has 1 aromatic heterocycles. The summed E-state index contributed by atoms with van der Waals surface area (Å²) < 4.78 is 1.56. The van der Waals surface area contributed by atoms with Gasteiger partial charge in [-0.3, -0.25) is 14.2 Å². The van der Waals surface area contributed by atoms with Crippen LogP contribution in [0.15, 0.2) is 47.7 Å². The first-order chi connectivity index (χ1) is 10.2. The minimum Gasteiger partial charge on any atom is -0.360 e. The van der Waals surface area contributed by atoms with Gasteiger partial charge in [-0.2, -0.15) is 0 Å². The van der Waals surface area contributed by atoms with Crippen LogP contribution in [-0.2, 0) is 11.3 Å². The molecule has 2 aromatic rings. The van der Waals surface area contributed by atoms with Crippen molar-refractivity contribution in [2.75, 3.05) is 24.5 Å². The van der Waals surface area contributed by atoms with Gasteiger partial charge in [0.05, 0.1) is 19.4 Å². The molecule has 0 aliphatic carbocycles. The molecule has 1 aliphatic heterocycles. The summed E-state index contributed by atoms with van der Waals surface area (Å²) in [4.78, 5) is 29.0. The van der Waals surface area contributed by atoms with Crippen LogP contribution in [0, 0.1) is 0 Å². The summed E-state index contributed by atoms with van der Waals surface area (Å²) in [5, 5.41) is 2.81. The Kier molecular flexibility index (Phi) is 3.68. The molecular weight excluding hydrogens is 268 g/mol. The Hall–Kier alpha value is -2.63. The molecule has 3 rings (SSSR count). The SMILES string of the molecule is O=C1CN(c2ccc(Cn3cnccc3=O)cc2)CCN1. The van der Waals surface area contributed by atoms with Crippen LogP contribution in [0.1, 0.15) is 5.56 Å². The van der Waals surface area contributed by atoms with Gasteiger partial charge in [0.1, 0.15) is 0 Å². The second-order valence-corrected chi connectivity index (χ2v) is 4.98. The number of rotatable bonds is 3. The van der Waals surface area contributed by atoms with Gasteiger partial charge in [0.2, 0.25) is 5.91 Å². The van der Waals surface area contributed by atoms with Gasteiger partial charge in [0.25, 0.3) is 5.56 Å². The molecule has 0 saturated carbocycles. The van der Waals surface area contributed by atoms with E-state index in [0.29, 0.717) is 19.6 Å². The van der Waals surface area contributed by atoms with Gasteiger partial charge in [-0.05, 0) is 17.7 Å². The van der Waals surface area contributed by atoms with Crippen molar-refractivity contribution < 1.29 is 4.79 Å². The Morgan fingerprint density at radius 2 is 1.95 bits per heavy atom. The standard InChI is InChI=1S/C15H16N4O2/c20-14-10-18(8-7-17-14)13-3-1-12(2-4-13)9-19-11-16-6-5-15(19)21/h1-6,11H,7-10H2,(H,17,20). The lowest BCUT2D eigenvalue weighted by Gasteiger charge is -2.28. The highest BCUT2D eigenvalue weighted by atomic mass is 16.2. The van der Waals surface area contributed by atoms with Gasteiger partial charge < -0.3 is 10.2 Å². The van der Waals surface area contributed by atoms with Crippen molar-refractivity contribution in [2.45, 2.75) is 6.54 Å². The van der Waals surface area contributed by atoms with Gasteiger partial charge in [-0.15, -0.1) is 0 Å². The summed E-state index contributed by atoms with van der Waals surface area (Å²) in [5.41, 5.74) is 1.98. The van der Waals surface area contributed by atoms with Crippen molar-refractivity contribution in [3.8, 4) is 0 Å². The molecule has 6 heteroatoms. The monoisotopic (exact) mass is 284 g/mol. The van der Waals surface area contributed by atoms with E-state index in [2.05, 4.69) is 10.3 Å². The molecular formula is C15H16N4O2. The molecule has 1 saturated heterocycles. The van der Waals surface area contributed by atoms with Crippen molar-refractivity contribution in [1.82, 2.24) is 14.9 Å². The second kappa shape index (κ2) is 5.78. The van der Waals surface area contributed by atoms with E-state index in [0.717, 1.165) is 17.8 Å². The predicted octanol–water partition coefficient (Wildman–Crippen LogP) is 0.228. The summed E-state index contributed by atoms with van der Waals surface area (Å²) in [7, 11) is 0. The maximum Gasteiger partial charge on any atom is 0.253 e. The zero-order chi connectivity index (χ0) is 14.7. The number of nitrogens with zero attached hydrogens (tertiary/aromatic N) is 3. The summed E-state index contributed by atoms with van der Waals surface area (Å²) >= 11 is 0. The number of carbonyl (C=O) groups excluding carboxylic acids is 1. The van der Waals surface area contributed by atoms with Crippen LogP contribution in [0.25, 0.3) is 0 Å². The molecule has 108 valence electrons. The highest BCUT2D eigenvalue weighted by Gasteiger charge is 2.16. The van der Waals surface area contributed by atoms with E-state index in [1.165, 1.54) is 18.6 Å². The molecule has 0 atom stereocenters. The maximum absolute atomic E-state index is 11.6. The molecule has 0 bridgehead atoms. The zero-order valence-corrected chi connectivity index (χ0v) is 11.5. The topological polar surface area (TPSA) is 67.2 Å².